The monoisotopic (exact) mass is 458 g/mol. The first-order chi connectivity index (χ1) is 12.4. The third kappa shape index (κ3) is 28.4. The van der Waals surface area contributed by atoms with Crippen LogP contribution in [0.2, 0.25) is 0 Å². The summed E-state index contributed by atoms with van der Waals surface area (Å²) in [4.78, 5) is 1.82. The number of likely N-dealkylation sites (N-methyl/N-ethyl adjacent to an activating group) is 2. The zero-order valence-corrected chi connectivity index (χ0v) is 18.7. The number of quaternary nitrogens is 1. The predicted molar refractivity (Wildman–Crippen MR) is 103 cm³/mol. The van der Waals surface area contributed by atoms with E-state index in [0.717, 1.165) is 0 Å². The van der Waals surface area contributed by atoms with Crippen LogP contribution in [0.5, 0.6) is 0 Å². The Hall–Kier alpha value is 0.180. The second-order valence-electron chi connectivity index (χ2n) is 7.06. The van der Waals surface area contributed by atoms with Gasteiger partial charge in [-0.3, -0.25) is 0 Å². The van der Waals surface area contributed by atoms with Crippen LogP contribution in [-0.2, 0) is 0 Å². The minimum atomic E-state index is -0.777. The van der Waals surface area contributed by atoms with Crippen LogP contribution in [0.4, 0.5) is 0 Å². The largest absolute Gasteiger partial charge is 1.00 e. The maximum Gasteiger partial charge on any atom is 0.126 e. The molecule has 0 bridgehead atoms. The fourth-order valence-electron chi connectivity index (χ4n) is 1.86. The molecule has 0 aromatic heterocycles. The van der Waals surface area contributed by atoms with Crippen LogP contribution in [0, 0.1) is 0 Å². The number of nitrogens with zero attached hydrogens (tertiary/aromatic N) is 2. The van der Waals surface area contributed by atoms with Gasteiger partial charge in [0, 0.05) is 6.54 Å². The molecule has 0 amide bonds. The van der Waals surface area contributed by atoms with Crippen molar-refractivity contribution in [2.24, 2.45) is 0 Å². The zero-order valence-electron chi connectivity index (χ0n) is 17.2. The van der Waals surface area contributed by atoms with Gasteiger partial charge in [-0.15, -0.1) is 11.6 Å². The summed E-state index contributed by atoms with van der Waals surface area (Å²) < 4.78 is 0.365. The molecule has 4 unspecified atom stereocenters. The van der Waals surface area contributed by atoms with E-state index >= 15 is 0 Å². The lowest BCUT2D eigenvalue weighted by atomic mass is 10.2. The lowest BCUT2D eigenvalue weighted by molar-refractivity contribution is -0.896. The van der Waals surface area contributed by atoms with E-state index in [1.54, 1.807) is 0 Å². The Bertz CT molecular complexity index is 300. The molecule has 0 aromatic carbocycles. The summed E-state index contributed by atoms with van der Waals surface area (Å²) in [5.74, 6) is 0.108. The minimum absolute atomic E-state index is 0. The number of rotatable bonds is 11. The van der Waals surface area contributed by atoms with Gasteiger partial charge in [-0.2, -0.15) is 0 Å². The predicted octanol–water partition coefficient (Wildman–Crippen LogP) is -6.75. The van der Waals surface area contributed by atoms with Crippen molar-refractivity contribution in [2.75, 3.05) is 80.1 Å². The molecule has 10 nitrogen and oxygen atoms in total. The molecule has 4 atom stereocenters. The average Bonchev–Trinajstić information content (AvgIpc) is 2.60. The van der Waals surface area contributed by atoms with Gasteiger partial charge in [-0.25, -0.2) is 0 Å². The highest BCUT2D eigenvalue weighted by Gasteiger charge is 2.23. The summed E-state index contributed by atoms with van der Waals surface area (Å²) in [6.07, 6.45) is -2.89. The number of aliphatic hydroxyl groups is 8. The highest BCUT2D eigenvalue weighted by atomic mass is 35.5. The van der Waals surface area contributed by atoms with Crippen molar-refractivity contribution in [3.63, 3.8) is 0 Å². The molecule has 0 rings (SSSR count). The van der Waals surface area contributed by atoms with E-state index in [9.17, 15) is 0 Å². The molecule has 0 aliphatic carbocycles. The summed E-state index contributed by atoms with van der Waals surface area (Å²) in [6.45, 7) is 0.271. The number of aliphatic hydroxyl groups excluding tert-OH is 8. The van der Waals surface area contributed by atoms with E-state index in [2.05, 4.69) is 0 Å². The molecule has 176 valence electrons. The van der Waals surface area contributed by atoms with Gasteiger partial charge < -0.3 is 62.6 Å². The van der Waals surface area contributed by atoms with Crippen molar-refractivity contribution in [3.05, 3.63) is 0 Å². The van der Waals surface area contributed by atoms with Gasteiger partial charge in [0.05, 0.1) is 58.6 Å². The van der Waals surface area contributed by atoms with E-state index in [-0.39, 0.29) is 44.7 Å². The maximum absolute atomic E-state index is 9.17. The molecule has 0 radical (unpaired) electrons. The number of halogens is 2. The van der Waals surface area contributed by atoms with Crippen molar-refractivity contribution in [1.82, 2.24) is 4.90 Å². The van der Waals surface area contributed by atoms with Crippen LogP contribution < -0.4 is 12.4 Å². The van der Waals surface area contributed by atoms with Crippen LogP contribution in [-0.4, -0.2) is 155 Å². The Morgan fingerprint density at radius 3 is 1.18 bits per heavy atom. The molecule has 0 saturated heterocycles. The van der Waals surface area contributed by atoms with E-state index in [1.807, 2.05) is 33.1 Å². The summed E-state index contributed by atoms with van der Waals surface area (Å²) in [5, 5.41) is 68.9. The SMILES string of the molecule is CN(C)CC(O)CO.C[N+](C)(CC(O)CO)CC(O)CO.OCC(O)CCl.[Cl-]. The molecule has 0 aromatic rings. The molecule has 0 aliphatic rings. The van der Waals surface area contributed by atoms with Gasteiger partial charge >= 0.3 is 0 Å². The fourth-order valence-corrected chi connectivity index (χ4v) is 1.96. The standard InChI is InChI=1S/C8H20NO4.C5H13NO2.C3H7ClO2.ClH/c1-9(2,3-7(12)5-10)4-8(13)6-11;1-6(2)3-5(8)4-7;4-1-3(6)2-5;/h7-8,10-13H,3-6H2,1-2H3;5,7-8H,3-4H2,1-2H3;3,5-6H,1-2H2;1H/q+1;;;/p-1. The van der Waals surface area contributed by atoms with Crippen molar-refractivity contribution < 1.29 is 57.7 Å². The van der Waals surface area contributed by atoms with Crippen LogP contribution in [0.1, 0.15) is 0 Å². The molecular weight excluding hydrogens is 419 g/mol. The lowest BCUT2D eigenvalue weighted by Gasteiger charge is -2.32. The Morgan fingerprint density at radius 2 is 1.04 bits per heavy atom. The van der Waals surface area contributed by atoms with Gasteiger partial charge in [0.1, 0.15) is 25.3 Å². The van der Waals surface area contributed by atoms with Gasteiger partial charge in [0.15, 0.2) is 0 Å². The molecule has 0 heterocycles. The summed E-state index contributed by atoms with van der Waals surface area (Å²) in [6, 6.07) is 0. The van der Waals surface area contributed by atoms with Crippen LogP contribution in [0.15, 0.2) is 0 Å². The van der Waals surface area contributed by atoms with Gasteiger partial charge in [0.2, 0.25) is 0 Å². The van der Waals surface area contributed by atoms with E-state index in [1.165, 1.54) is 0 Å². The fraction of sp³-hybridized carbons (Fsp3) is 1.00. The summed E-state index contributed by atoms with van der Waals surface area (Å²) >= 11 is 5.04. The topological polar surface area (TPSA) is 165 Å². The molecule has 8 N–H and O–H groups in total. The van der Waals surface area contributed by atoms with Gasteiger partial charge in [-0.1, -0.05) is 0 Å². The first-order valence-corrected chi connectivity index (χ1v) is 9.10. The molecule has 0 saturated carbocycles. The van der Waals surface area contributed by atoms with Crippen molar-refractivity contribution in [1.29, 1.82) is 0 Å². The Kier molecular flexibility index (Phi) is 27.8. The van der Waals surface area contributed by atoms with Crippen LogP contribution in [0.3, 0.4) is 0 Å². The van der Waals surface area contributed by atoms with Crippen molar-refractivity contribution in [2.45, 2.75) is 24.4 Å². The summed E-state index contributed by atoms with van der Waals surface area (Å²) in [7, 11) is 7.33. The number of hydrogen-bond acceptors (Lipinski definition) is 9. The Morgan fingerprint density at radius 1 is 0.714 bits per heavy atom. The van der Waals surface area contributed by atoms with Crippen LogP contribution >= 0.6 is 11.6 Å². The minimum Gasteiger partial charge on any atom is -1.00 e. The van der Waals surface area contributed by atoms with Crippen molar-refractivity contribution >= 4 is 11.6 Å². The van der Waals surface area contributed by atoms with E-state index in [0.29, 0.717) is 24.1 Å². The maximum atomic E-state index is 9.17. The molecule has 12 heteroatoms. The number of hydrogen-bond donors (Lipinski definition) is 8. The molecule has 28 heavy (non-hydrogen) atoms. The second-order valence-corrected chi connectivity index (χ2v) is 7.37. The Balaban J connectivity index is -0.000000165. The Labute approximate surface area is 179 Å². The average molecular weight is 459 g/mol. The summed E-state index contributed by atoms with van der Waals surface area (Å²) in [5.41, 5.74) is 0. The van der Waals surface area contributed by atoms with Gasteiger partial charge in [-0.05, 0) is 14.1 Å². The first-order valence-electron chi connectivity index (χ1n) is 8.57. The lowest BCUT2D eigenvalue weighted by Crippen LogP contribution is -3.00. The van der Waals surface area contributed by atoms with Crippen LogP contribution in [0.25, 0.3) is 0 Å². The van der Waals surface area contributed by atoms with E-state index in [4.69, 9.17) is 52.5 Å². The normalized spacial score (nSPS) is 15.2. The third-order valence-corrected chi connectivity index (χ3v) is 3.36. The second kappa shape index (κ2) is 21.9. The zero-order chi connectivity index (χ0) is 22.0. The molecule has 0 spiro atoms. The van der Waals surface area contributed by atoms with Gasteiger partial charge in [0.25, 0.3) is 0 Å². The highest BCUT2D eigenvalue weighted by Crippen LogP contribution is 2.01. The van der Waals surface area contributed by atoms with E-state index < -0.39 is 24.4 Å². The molecule has 0 aliphatic heterocycles. The number of alkyl halides is 1. The quantitative estimate of drug-likeness (QED) is 0.111. The molecule has 0 fully saturated rings. The smallest absolute Gasteiger partial charge is 0.126 e. The molecular formula is C16H40Cl2N2O8. The third-order valence-electron chi connectivity index (χ3n) is 3.01. The highest BCUT2D eigenvalue weighted by molar-refractivity contribution is 6.18. The first kappa shape index (κ1) is 35.6. The van der Waals surface area contributed by atoms with Crippen molar-refractivity contribution in [3.8, 4) is 0 Å².